The van der Waals surface area contributed by atoms with Gasteiger partial charge in [-0.1, -0.05) is 48.4 Å². The third kappa shape index (κ3) is 4.82. The van der Waals surface area contributed by atoms with E-state index in [2.05, 4.69) is 5.32 Å². The molecule has 0 radical (unpaired) electrons. The van der Waals surface area contributed by atoms with Crippen LogP contribution in [0, 0.1) is 6.92 Å². The highest BCUT2D eigenvalue weighted by Gasteiger charge is 2.21. The summed E-state index contributed by atoms with van der Waals surface area (Å²) >= 11 is 5.76. The van der Waals surface area contributed by atoms with Crippen molar-refractivity contribution in [2.45, 2.75) is 31.2 Å². The van der Waals surface area contributed by atoms with Crippen molar-refractivity contribution in [1.82, 2.24) is 5.32 Å². The zero-order chi connectivity index (χ0) is 17.7. The second-order valence-corrected chi connectivity index (χ2v) is 8.08. The van der Waals surface area contributed by atoms with Crippen molar-refractivity contribution in [2.24, 2.45) is 0 Å². The molecule has 1 atom stereocenters. The standard InChI is InChI=1S/C18H20ClNO3S/c1-3-17(14-6-4-13(2)5-7-14)20-18(21)12-24(22,23)16-10-8-15(19)9-11-16/h4-11,17H,3,12H2,1-2H3,(H,20,21). The fraction of sp³-hybridized carbons (Fsp3) is 0.278. The number of halogens is 1. The first-order chi connectivity index (χ1) is 11.3. The molecule has 1 unspecified atom stereocenters. The van der Waals surface area contributed by atoms with Crippen LogP contribution in [0.3, 0.4) is 0 Å². The molecule has 0 aromatic heterocycles. The van der Waals surface area contributed by atoms with Crippen molar-refractivity contribution in [3.63, 3.8) is 0 Å². The summed E-state index contributed by atoms with van der Waals surface area (Å²) in [7, 11) is -3.69. The number of hydrogen-bond acceptors (Lipinski definition) is 3. The number of aryl methyl sites for hydroxylation is 1. The van der Waals surface area contributed by atoms with E-state index >= 15 is 0 Å². The van der Waals surface area contributed by atoms with Crippen LogP contribution in [0.5, 0.6) is 0 Å². The number of sulfone groups is 1. The smallest absolute Gasteiger partial charge is 0.236 e. The average molecular weight is 366 g/mol. The zero-order valence-electron chi connectivity index (χ0n) is 13.6. The van der Waals surface area contributed by atoms with Crippen LogP contribution in [0.1, 0.15) is 30.5 Å². The maximum absolute atomic E-state index is 12.3. The second-order valence-electron chi connectivity index (χ2n) is 5.65. The summed E-state index contributed by atoms with van der Waals surface area (Å²) in [6.45, 7) is 3.93. The lowest BCUT2D eigenvalue weighted by Crippen LogP contribution is -2.33. The van der Waals surface area contributed by atoms with Crippen LogP contribution < -0.4 is 5.32 Å². The lowest BCUT2D eigenvalue weighted by atomic mass is 10.0. The van der Waals surface area contributed by atoms with Gasteiger partial charge in [-0.25, -0.2) is 8.42 Å². The second kappa shape index (κ2) is 7.81. The van der Waals surface area contributed by atoms with E-state index in [0.717, 1.165) is 11.1 Å². The lowest BCUT2D eigenvalue weighted by molar-refractivity contribution is -0.119. The minimum Gasteiger partial charge on any atom is -0.348 e. The molecule has 0 bridgehead atoms. The van der Waals surface area contributed by atoms with E-state index in [-0.39, 0.29) is 10.9 Å². The van der Waals surface area contributed by atoms with E-state index in [1.807, 2.05) is 38.1 Å². The molecule has 1 amide bonds. The molecule has 0 saturated heterocycles. The minimum absolute atomic E-state index is 0.0884. The number of carbonyl (C=O) groups is 1. The van der Waals surface area contributed by atoms with E-state index in [9.17, 15) is 13.2 Å². The van der Waals surface area contributed by atoms with Gasteiger partial charge in [0.2, 0.25) is 5.91 Å². The SMILES string of the molecule is CCC(NC(=O)CS(=O)(=O)c1ccc(Cl)cc1)c1ccc(C)cc1. The van der Waals surface area contributed by atoms with Crippen LogP contribution in [0.4, 0.5) is 0 Å². The Balaban J connectivity index is 2.08. The van der Waals surface area contributed by atoms with Crippen molar-refractivity contribution < 1.29 is 13.2 Å². The van der Waals surface area contributed by atoms with Crippen molar-refractivity contribution in [2.75, 3.05) is 5.75 Å². The van der Waals surface area contributed by atoms with Crippen LogP contribution >= 0.6 is 11.6 Å². The Labute approximate surface area is 147 Å². The van der Waals surface area contributed by atoms with Crippen LogP contribution in [0.15, 0.2) is 53.4 Å². The molecule has 0 aliphatic rings. The summed E-state index contributed by atoms with van der Waals surface area (Å²) in [5.41, 5.74) is 2.09. The molecule has 128 valence electrons. The van der Waals surface area contributed by atoms with Gasteiger partial charge in [0.25, 0.3) is 0 Å². The monoisotopic (exact) mass is 365 g/mol. The van der Waals surface area contributed by atoms with Gasteiger partial charge in [-0.2, -0.15) is 0 Å². The van der Waals surface area contributed by atoms with Gasteiger partial charge in [0.1, 0.15) is 5.75 Å². The minimum atomic E-state index is -3.69. The molecule has 2 aromatic rings. The number of amides is 1. The summed E-state index contributed by atoms with van der Waals surface area (Å²) in [6, 6.07) is 13.4. The highest BCUT2D eigenvalue weighted by atomic mass is 35.5. The van der Waals surface area contributed by atoms with Crippen molar-refractivity contribution in [1.29, 1.82) is 0 Å². The molecule has 24 heavy (non-hydrogen) atoms. The third-order valence-corrected chi connectivity index (χ3v) is 5.60. The van der Waals surface area contributed by atoms with Gasteiger partial charge in [-0.15, -0.1) is 0 Å². The molecule has 0 saturated carbocycles. The number of hydrogen-bond donors (Lipinski definition) is 1. The Bertz CT molecular complexity index is 799. The van der Waals surface area contributed by atoms with Gasteiger partial charge in [0.15, 0.2) is 9.84 Å². The summed E-state index contributed by atoms with van der Waals surface area (Å²) in [5.74, 6) is -1.10. The Kier molecular flexibility index (Phi) is 6.02. The largest absolute Gasteiger partial charge is 0.348 e. The predicted octanol–water partition coefficient (Wildman–Crippen LogP) is 3.69. The van der Waals surface area contributed by atoms with E-state index < -0.39 is 21.5 Å². The van der Waals surface area contributed by atoms with Crippen LogP contribution in [-0.4, -0.2) is 20.1 Å². The normalized spacial score (nSPS) is 12.6. The van der Waals surface area contributed by atoms with E-state index in [4.69, 9.17) is 11.6 Å². The highest BCUT2D eigenvalue weighted by Crippen LogP contribution is 2.18. The molecular formula is C18H20ClNO3S. The predicted molar refractivity (Wildman–Crippen MR) is 95.9 cm³/mol. The van der Waals surface area contributed by atoms with Gasteiger partial charge in [0.05, 0.1) is 10.9 Å². The average Bonchev–Trinajstić information content (AvgIpc) is 2.53. The topological polar surface area (TPSA) is 63.2 Å². The third-order valence-electron chi connectivity index (χ3n) is 3.72. The van der Waals surface area contributed by atoms with Gasteiger partial charge in [-0.05, 0) is 43.2 Å². The first kappa shape index (κ1) is 18.5. The van der Waals surface area contributed by atoms with Gasteiger partial charge >= 0.3 is 0 Å². The van der Waals surface area contributed by atoms with Crippen LogP contribution in [0.25, 0.3) is 0 Å². The van der Waals surface area contributed by atoms with E-state index in [1.54, 1.807) is 0 Å². The Morgan fingerprint density at radius 3 is 2.21 bits per heavy atom. The molecule has 2 rings (SSSR count). The van der Waals surface area contributed by atoms with Crippen LogP contribution in [0.2, 0.25) is 5.02 Å². The molecule has 0 fully saturated rings. The van der Waals surface area contributed by atoms with Gasteiger partial charge in [0, 0.05) is 5.02 Å². The molecule has 0 aliphatic heterocycles. The van der Waals surface area contributed by atoms with Crippen molar-refractivity contribution >= 4 is 27.3 Å². The quantitative estimate of drug-likeness (QED) is 0.849. The maximum Gasteiger partial charge on any atom is 0.236 e. The van der Waals surface area contributed by atoms with Crippen molar-refractivity contribution in [3.05, 3.63) is 64.7 Å². The molecule has 2 aromatic carbocycles. The van der Waals surface area contributed by atoms with Gasteiger partial charge in [-0.3, -0.25) is 4.79 Å². The highest BCUT2D eigenvalue weighted by molar-refractivity contribution is 7.92. The fourth-order valence-corrected chi connectivity index (χ4v) is 3.63. The number of rotatable bonds is 6. The first-order valence-corrected chi connectivity index (χ1v) is 9.69. The molecule has 0 heterocycles. The first-order valence-electron chi connectivity index (χ1n) is 7.66. The Morgan fingerprint density at radius 2 is 1.67 bits per heavy atom. The fourth-order valence-electron chi connectivity index (χ4n) is 2.35. The molecular weight excluding hydrogens is 346 g/mol. The van der Waals surface area contributed by atoms with Gasteiger partial charge < -0.3 is 5.32 Å². The van der Waals surface area contributed by atoms with Crippen molar-refractivity contribution in [3.8, 4) is 0 Å². The number of carbonyl (C=O) groups excluding carboxylic acids is 1. The Hall–Kier alpha value is -1.85. The molecule has 0 spiro atoms. The maximum atomic E-state index is 12.3. The molecule has 4 nitrogen and oxygen atoms in total. The summed E-state index contributed by atoms with van der Waals surface area (Å²) in [6.07, 6.45) is 0.676. The summed E-state index contributed by atoms with van der Waals surface area (Å²) in [4.78, 5) is 12.3. The van der Waals surface area contributed by atoms with E-state index in [1.165, 1.54) is 24.3 Å². The zero-order valence-corrected chi connectivity index (χ0v) is 15.2. The number of benzene rings is 2. The molecule has 6 heteroatoms. The van der Waals surface area contributed by atoms with E-state index in [0.29, 0.717) is 11.4 Å². The summed E-state index contributed by atoms with van der Waals surface area (Å²) < 4.78 is 24.6. The summed E-state index contributed by atoms with van der Waals surface area (Å²) in [5, 5.41) is 3.24. The number of nitrogens with one attached hydrogen (secondary N) is 1. The van der Waals surface area contributed by atoms with Crippen LogP contribution in [-0.2, 0) is 14.6 Å². The lowest BCUT2D eigenvalue weighted by Gasteiger charge is -2.17. The molecule has 1 N–H and O–H groups in total. The Morgan fingerprint density at radius 1 is 1.08 bits per heavy atom. The molecule has 0 aliphatic carbocycles.